The smallest absolute Gasteiger partial charge is 0.141 e. The molecule has 0 heterocycles. The molecule has 0 saturated heterocycles. The van der Waals surface area contributed by atoms with Gasteiger partial charge in [-0.25, -0.2) is 0 Å². The first-order valence-electron chi connectivity index (χ1n) is 7.09. The maximum absolute atomic E-state index is 12.3. The Kier molecular flexibility index (Phi) is 2.30. The number of aliphatic hydroxyl groups excluding tert-OH is 1. The fraction of sp³-hybridized carbons (Fsp3) is 0.933. The lowest BCUT2D eigenvalue weighted by Gasteiger charge is -2.48. The van der Waals surface area contributed by atoms with Gasteiger partial charge in [0.15, 0.2) is 0 Å². The van der Waals surface area contributed by atoms with Crippen molar-refractivity contribution in [2.45, 2.75) is 46.5 Å². The molecule has 3 fully saturated rings. The van der Waals surface area contributed by atoms with Crippen LogP contribution >= 0.6 is 0 Å². The van der Waals surface area contributed by atoms with E-state index in [0.717, 1.165) is 25.2 Å². The molecule has 2 heteroatoms. The number of fused-ring (bicyclic) bond motifs is 3. The van der Waals surface area contributed by atoms with Crippen molar-refractivity contribution < 1.29 is 9.90 Å². The minimum Gasteiger partial charge on any atom is -0.395 e. The van der Waals surface area contributed by atoms with Gasteiger partial charge in [-0.05, 0) is 48.3 Å². The van der Waals surface area contributed by atoms with E-state index in [1.165, 1.54) is 0 Å². The first-order chi connectivity index (χ1) is 7.95. The minimum atomic E-state index is -0.368. The molecule has 0 radical (unpaired) electrons. The van der Waals surface area contributed by atoms with Gasteiger partial charge in [-0.1, -0.05) is 20.8 Å². The van der Waals surface area contributed by atoms with E-state index in [1.807, 2.05) is 0 Å². The van der Waals surface area contributed by atoms with Gasteiger partial charge in [-0.2, -0.15) is 0 Å². The highest BCUT2D eigenvalue weighted by molar-refractivity contribution is 5.86. The predicted molar refractivity (Wildman–Crippen MR) is 66.4 cm³/mol. The van der Waals surface area contributed by atoms with Crippen LogP contribution in [0.1, 0.15) is 46.5 Å². The zero-order valence-electron chi connectivity index (χ0n) is 11.2. The summed E-state index contributed by atoms with van der Waals surface area (Å²) < 4.78 is 0. The topological polar surface area (TPSA) is 37.3 Å². The molecule has 0 unspecified atom stereocenters. The molecule has 0 aromatic heterocycles. The van der Waals surface area contributed by atoms with Crippen LogP contribution < -0.4 is 0 Å². The largest absolute Gasteiger partial charge is 0.395 e. The Morgan fingerprint density at radius 1 is 1.29 bits per heavy atom. The molecule has 0 amide bonds. The summed E-state index contributed by atoms with van der Waals surface area (Å²) in [6.07, 6.45) is 3.80. The van der Waals surface area contributed by atoms with Gasteiger partial charge in [-0.15, -0.1) is 0 Å². The van der Waals surface area contributed by atoms with Crippen molar-refractivity contribution in [1.29, 1.82) is 0 Å². The summed E-state index contributed by atoms with van der Waals surface area (Å²) in [7, 11) is 0. The molecular formula is C15H24O2. The molecule has 0 spiro atoms. The molecule has 96 valence electrons. The Hall–Kier alpha value is -0.370. The molecule has 17 heavy (non-hydrogen) atoms. The summed E-state index contributed by atoms with van der Waals surface area (Å²) in [6.45, 7) is 7.07. The number of rotatable bonds is 1. The number of hydrogen-bond acceptors (Lipinski definition) is 2. The molecule has 2 nitrogen and oxygen atoms in total. The fourth-order valence-corrected chi connectivity index (χ4v) is 5.26. The van der Waals surface area contributed by atoms with E-state index >= 15 is 0 Å². The van der Waals surface area contributed by atoms with Crippen molar-refractivity contribution >= 4 is 5.78 Å². The van der Waals surface area contributed by atoms with Gasteiger partial charge in [0.2, 0.25) is 0 Å². The van der Waals surface area contributed by atoms with Crippen molar-refractivity contribution in [1.82, 2.24) is 0 Å². The van der Waals surface area contributed by atoms with Crippen LogP contribution in [0.4, 0.5) is 0 Å². The molecule has 0 aromatic rings. The molecule has 3 rings (SSSR count). The van der Waals surface area contributed by atoms with Crippen LogP contribution in [-0.4, -0.2) is 17.5 Å². The van der Waals surface area contributed by atoms with Crippen LogP contribution in [0.3, 0.4) is 0 Å². The van der Waals surface area contributed by atoms with Crippen LogP contribution in [-0.2, 0) is 4.79 Å². The number of carbonyl (C=O) groups excluding carboxylic acids is 1. The first-order valence-corrected chi connectivity index (χ1v) is 7.09. The second kappa shape index (κ2) is 3.34. The standard InChI is InChI=1S/C15H24O2/c1-9-4-5-11(17)15(8-16)7-6-10-13(12(9)15)14(10,2)3/h9-10,12-13,16H,4-8H2,1-3H3/t9-,10-,12-,13-,15-/m1/s1. The molecule has 0 aliphatic heterocycles. The number of carbonyl (C=O) groups is 1. The quantitative estimate of drug-likeness (QED) is 0.760. The number of ketones is 1. The molecule has 0 aromatic carbocycles. The average Bonchev–Trinajstić information content (AvgIpc) is 2.86. The first kappa shape index (κ1) is 11.7. The molecular weight excluding hydrogens is 212 g/mol. The van der Waals surface area contributed by atoms with Crippen molar-refractivity contribution in [2.75, 3.05) is 6.61 Å². The Morgan fingerprint density at radius 2 is 2.00 bits per heavy atom. The SMILES string of the molecule is C[C@@H]1CCC(=O)[C@]2(CO)CC[C@@H]3[C@H]([C@@H]12)C3(C)C. The lowest BCUT2D eigenvalue weighted by molar-refractivity contribution is -0.146. The van der Waals surface area contributed by atoms with Crippen LogP contribution in [0.25, 0.3) is 0 Å². The third-order valence-electron chi connectivity index (χ3n) is 6.34. The normalized spacial score (nSPS) is 51.6. The van der Waals surface area contributed by atoms with E-state index in [2.05, 4.69) is 20.8 Å². The van der Waals surface area contributed by atoms with Gasteiger partial charge < -0.3 is 5.11 Å². The van der Waals surface area contributed by atoms with E-state index in [4.69, 9.17) is 0 Å². The second-order valence-corrected chi connectivity index (χ2v) is 7.27. The third kappa shape index (κ3) is 1.28. The van der Waals surface area contributed by atoms with E-state index in [9.17, 15) is 9.90 Å². The van der Waals surface area contributed by atoms with Crippen molar-refractivity contribution in [3.63, 3.8) is 0 Å². The average molecular weight is 236 g/mol. The molecule has 3 aliphatic rings. The van der Waals surface area contributed by atoms with Crippen molar-refractivity contribution in [3.8, 4) is 0 Å². The summed E-state index contributed by atoms with van der Waals surface area (Å²) in [4.78, 5) is 12.3. The Morgan fingerprint density at radius 3 is 2.65 bits per heavy atom. The van der Waals surface area contributed by atoms with Gasteiger partial charge >= 0.3 is 0 Å². The highest BCUT2D eigenvalue weighted by Gasteiger charge is 2.70. The lowest BCUT2D eigenvalue weighted by atomic mass is 9.55. The monoisotopic (exact) mass is 236 g/mol. The summed E-state index contributed by atoms with van der Waals surface area (Å²) in [5, 5.41) is 9.85. The lowest BCUT2D eigenvalue weighted by Crippen LogP contribution is -2.51. The van der Waals surface area contributed by atoms with Gasteiger partial charge in [0, 0.05) is 6.42 Å². The molecule has 3 aliphatic carbocycles. The predicted octanol–water partition coefficient (Wildman–Crippen LogP) is 2.65. The highest BCUT2D eigenvalue weighted by Crippen LogP contribution is 2.73. The Balaban J connectivity index is 2.00. The highest BCUT2D eigenvalue weighted by atomic mass is 16.3. The third-order valence-corrected chi connectivity index (χ3v) is 6.34. The van der Waals surface area contributed by atoms with E-state index < -0.39 is 0 Å². The van der Waals surface area contributed by atoms with E-state index in [1.54, 1.807) is 0 Å². The molecule has 5 atom stereocenters. The maximum Gasteiger partial charge on any atom is 0.141 e. The molecule has 0 bridgehead atoms. The number of aliphatic hydroxyl groups is 1. The van der Waals surface area contributed by atoms with Crippen LogP contribution in [0.2, 0.25) is 0 Å². The van der Waals surface area contributed by atoms with Crippen LogP contribution in [0.5, 0.6) is 0 Å². The van der Waals surface area contributed by atoms with Crippen molar-refractivity contribution in [2.24, 2.45) is 34.5 Å². The van der Waals surface area contributed by atoms with E-state index in [0.29, 0.717) is 35.4 Å². The second-order valence-electron chi connectivity index (χ2n) is 7.27. The maximum atomic E-state index is 12.3. The summed E-state index contributed by atoms with van der Waals surface area (Å²) >= 11 is 0. The van der Waals surface area contributed by atoms with Gasteiger partial charge in [0.25, 0.3) is 0 Å². The fourth-order valence-electron chi connectivity index (χ4n) is 5.26. The summed E-state index contributed by atoms with van der Waals surface area (Å²) in [5.41, 5.74) is 0.0417. The Labute approximate surface area is 104 Å². The molecule has 3 saturated carbocycles. The van der Waals surface area contributed by atoms with Gasteiger partial charge in [0.05, 0.1) is 12.0 Å². The van der Waals surface area contributed by atoms with Gasteiger partial charge in [-0.3, -0.25) is 4.79 Å². The van der Waals surface area contributed by atoms with Crippen molar-refractivity contribution in [3.05, 3.63) is 0 Å². The Bertz CT molecular complexity index is 360. The zero-order valence-corrected chi connectivity index (χ0v) is 11.2. The summed E-state index contributed by atoms with van der Waals surface area (Å²) in [5.74, 6) is 2.89. The summed E-state index contributed by atoms with van der Waals surface area (Å²) in [6, 6.07) is 0. The van der Waals surface area contributed by atoms with E-state index in [-0.39, 0.29) is 12.0 Å². The van der Waals surface area contributed by atoms with Crippen LogP contribution in [0.15, 0.2) is 0 Å². The van der Waals surface area contributed by atoms with Gasteiger partial charge in [0.1, 0.15) is 5.78 Å². The number of hydrogen-bond donors (Lipinski definition) is 1. The number of Topliss-reactive ketones (excluding diaryl/α,β-unsaturated/α-hetero) is 1. The zero-order chi connectivity index (χ0) is 12.4. The van der Waals surface area contributed by atoms with Crippen LogP contribution in [0, 0.1) is 34.5 Å². The minimum absolute atomic E-state index is 0.0835. The molecule has 1 N–H and O–H groups in total.